The van der Waals surface area contributed by atoms with E-state index in [4.69, 9.17) is 0 Å². The standard InChI is InChI=1S/C28H32N2O2S/c31-33(32,21-24-10-4-1-5-11-24)30-19-17-28(23-30)16-18-29(22-28)20-27(25-12-6-2-7-13-25)26-14-8-3-9-15-26/h1-15,27H,16-23H2. The lowest BCUT2D eigenvalue weighted by Crippen LogP contribution is -2.35. The third kappa shape index (κ3) is 5.06. The molecule has 2 fully saturated rings. The molecular weight excluding hydrogens is 428 g/mol. The zero-order valence-corrected chi connectivity index (χ0v) is 19.8. The second-order valence-corrected chi connectivity index (χ2v) is 11.7. The lowest BCUT2D eigenvalue weighted by atomic mass is 9.86. The average Bonchev–Trinajstić information content (AvgIpc) is 3.46. The number of likely N-dealkylation sites (tertiary alicyclic amines) is 1. The van der Waals surface area contributed by atoms with Crippen LogP contribution in [0.2, 0.25) is 0 Å². The van der Waals surface area contributed by atoms with Gasteiger partial charge < -0.3 is 4.90 Å². The predicted octanol–water partition coefficient (Wildman–Crippen LogP) is 4.75. The molecule has 5 rings (SSSR count). The Labute approximate surface area is 197 Å². The summed E-state index contributed by atoms with van der Waals surface area (Å²) in [7, 11) is -3.29. The number of hydrogen-bond donors (Lipinski definition) is 0. The van der Waals surface area contributed by atoms with E-state index in [-0.39, 0.29) is 11.2 Å². The summed E-state index contributed by atoms with van der Waals surface area (Å²) >= 11 is 0. The van der Waals surface area contributed by atoms with E-state index in [0.29, 0.717) is 19.0 Å². The van der Waals surface area contributed by atoms with Gasteiger partial charge in [0.25, 0.3) is 0 Å². The highest BCUT2D eigenvalue weighted by Crippen LogP contribution is 2.42. The topological polar surface area (TPSA) is 40.6 Å². The van der Waals surface area contributed by atoms with Gasteiger partial charge in [-0.15, -0.1) is 0 Å². The summed E-state index contributed by atoms with van der Waals surface area (Å²) in [5.74, 6) is 0.416. The normalized spacial score (nSPS) is 21.8. The molecule has 5 heteroatoms. The van der Waals surface area contributed by atoms with Crippen LogP contribution in [0.5, 0.6) is 0 Å². The molecule has 4 nitrogen and oxygen atoms in total. The van der Waals surface area contributed by atoms with Crippen molar-refractivity contribution in [3.8, 4) is 0 Å². The van der Waals surface area contributed by atoms with Crippen molar-refractivity contribution in [1.82, 2.24) is 9.21 Å². The van der Waals surface area contributed by atoms with Crippen LogP contribution in [0.15, 0.2) is 91.0 Å². The summed E-state index contributed by atoms with van der Waals surface area (Å²) in [4.78, 5) is 2.55. The first-order valence-corrected chi connectivity index (χ1v) is 13.5. The van der Waals surface area contributed by atoms with Crippen LogP contribution in [0, 0.1) is 5.41 Å². The van der Waals surface area contributed by atoms with E-state index in [0.717, 1.165) is 38.0 Å². The van der Waals surface area contributed by atoms with Crippen molar-refractivity contribution >= 4 is 10.0 Å². The van der Waals surface area contributed by atoms with Gasteiger partial charge in [0.15, 0.2) is 0 Å². The molecule has 0 bridgehead atoms. The van der Waals surface area contributed by atoms with Crippen molar-refractivity contribution in [2.75, 3.05) is 32.7 Å². The van der Waals surface area contributed by atoms with Crippen LogP contribution in [0.25, 0.3) is 0 Å². The average molecular weight is 461 g/mol. The quantitative estimate of drug-likeness (QED) is 0.511. The number of nitrogens with zero attached hydrogens (tertiary/aromatic N) is 2. The number of benzene rings is 3. The third-order valence-electron chi connectivity index (χ3n) is 7.35. The fraction of sp³-hybridized carbons (Fsp3) is 0.357. The fourth-order valence-corrected chi connectivity index (χ4v) is 7.19. The van der Waals surface area contributed by atoms with Crippen molar-refractivity contribution in [3.05, 3.63) is 108 Å². The molecule has 0 radical (unpaired) electrons. The van der Waals surface area contributed by atoms with E-state index >= 15 is 0 Å². The van der Waals surface area contributed by atoms with Crippen LogP contribution in [-0.4, -0.2) is 50.3 Å². The van der Waals surface area contributed by atoms with Gasteiger partial charge in [-0.25, -0.2) is 12.7 Å². The Balaban J connectivity index is 1.27. The molecule has 0 amide bonds. The first-order chi connectivity index (χ1) is 16.0. The molecule has 1 unspecified atom stereocenters. The van der Waals surface area contributed by atoms with Gasteiger partial charge in [0, 0.05) is 32.1 Å². The van der Waals surface area contributed by atoms with Gasteiger partial charge in [0.05, 0.1) is 5.75 Å². The Hall–Kier alpha value is -2.47. The van der Waals surface area contributed by atoms with Crippen molar-refractivity contribution in [2.24, 2.45) is 5.41 Å². The van der Waals surface area contributed by atoms with Crippen LogP contribution < -0.4 is 0 Å². The highest BCUT2D eigenvalue weighted by molar-refractivity contribution is 7.88. The smallest absolute Gasteiger partial charge is 0.218 e. The summed E-state index contributed by atoms with van der Waals surface area (Å²) in [5, 5.41) is 0. The molecule has 33 heavy (non-hydrogen) atoms. The first-order valence-electron chi connectivity index (χ1n) is 11.9. The summed E-state index contributed by atoms with van der Waals surface area (Å²) in [6.45, 7) is 4.26. The zero-order chi connectivity index (χ0) is 22.7. The van der Waals surface area contributed by atoms with Gasteiger partial charge >= 0.3 is 0 Å². The summed E-state index contributed by atoms with van der Waals surface area (Å²) in [5.41, 5.74) is 3.62. The second-order valence-electron chi connectivity index (χ2n) is 9.68. The Morgan fingerprint density at radius 1 is 0.727 bits per heavy atom. The van der Waals surface area contributed by atoms with E-state index in [1.165, 1.54) is 11.1 Å². The van der Waals surface area contributed by atoms with Crippen molar-refractivity contribution in [2.45, 2.75) is 24.5 Å². The van der Waals surface area contributed by atoms with Gasteiger partial charge in [-0.1, -0.05) is 91.0 Å². The van der Waals surface area contributed by atoms with Crippen LogP contribution in [0.4, 0.5) is 0 Å². The van der Waals surface area contributed by atoms with Gasteiger partial charge in [-0.2, -0.15) is 0 Å². The maximum absolute atomic E-state index is 13.1. The SMILES string of the molecule is O=S(=O)(Cc1ccccc1)N1CCC2(CCN(CC(c3ccccc3)c3ccccc3)C2)C1. The molecular formula is C28H32N2O2S. The lowest BCUT2D eigenvalue weighted by molar-refractivity contribution is 0.260. The minimum absolute atomic E-state index is 0.0850. The number of rotatable bonds is 7. The Kier molecular flexibility index (Phi) is 6.37. The maximum atomic E-state index is 13.1. The minimum Gasteiger partial charge on any atom is -0.302 e. The molecule has 0 aromatic heterocycles. The molecule has 2 heterocycles. The van der Waals surface area contributed by atoms with Crippen LogP contribution in [0.1, 0.15) is 35.4 Å². The molecule has 1 atom stereocenters. The van der Waals surface area contributed by atoms with E-state index in [1.807, 2.05) is 30.3 Å². The van der Waals surface area contributed by atoms with Crippen molar-refractivity contribution < 1.29 is 8.42 Å². The summed E-state index contributed by atoms with van der Waals surface area (Å²) in [6, 6.07) is 31.0. The second kappa shape index (κ2) is 9.41. The first kappa shape index (κ1) is 22.3. The lowest BCUT2D eigenvalue weighted by Gasteiger charge is -2.28. The van der Waals surface area contributed by atoms with E-state index < -0.39 is 10.0 Å². The van der Waals surface area contributed by atoms with E-state index in [2.05, 4.69) is 65.6 Å². The number of sulfonamides is 1. The van der Waals surface area contributed by atoms with Gasteiger partial charge in [0.2, 0.25) is 10.0 Å². The van der Waals surface area contributed by atoms with Crippen LogP contribution >= 0.6 is 0 Å². The fourth-order valence-electron chi connectivity index (χ4n) is 5.56. The zero-order valence-electron chi connectivity index (χ0n) is 19.0. The van der Waals surface area contributed by atoms with Gasteiger partial charge in [-0.3, -0.25) is 0 Å². The third-order valence-corrected chi connectivity index (χ3v) is 9.15. The van der Waals surface area contributed by atoms with E-state index in [1.54, 1.807) is 4.31 Å². The largest absolute Gasteiger partial charge is 0.302 e. The summed E-state index contributed by atoms with van der Waals surface area (Å²) < 4.78 is 27.9. The molecule has 172 valence electrons. The Morgan fingerprint density at radius 3 is 1.88 bits per heavy atom. The highest BCUT2D eigenvalue weighted by Gasteiger charge is 2.46. The van der Waals surface area contributed by atoms with Gasteiger partial charge in [-0.05, 0) is 41.5 Å². The summed E-state index contributed by atoms with van der Waals surface area (Å²) in [6.07, 6.45) is 2.03. The molecule has 2 saturated heterocycles. The number of hydrogen-bond acceptors (Lipinski definition) is 3. The maximum Gasteiger partial charge on any atom is 0.218 e. The molecule has 0 N–H and O–H groups in total. The van der Waals surface area contributed by atoms with Crippen LogP contribution in [0.3, 0.4) is 0 Å². The van der Waals surface area contributed by atoms with Crippen LogP contribution in [-0.2, 0) is 15.8 Å². The molecule has 0 saturated carbocycles. The highest BCUT2D eigenvalue weighted by atomic mass is 32.2. The Morgan fingerprint density at radius 2 is 1.27 bits per heavy atom. The molecule has 2 aliphatic rings. The van der Waals surface area contributed by atoms with Crippen molar-refractivity contribution in [3.63, 3.8) is 0 Å². The minimum atomic E-state index is -3.29. The predicted molar refractivity (Wildman–Crippen MR) is 133 cm³/mol. The molecule has 3 aromatic rings. The Bertz CT molecular complexity index is 1110. The molecule has 3 aromatic carbocycles. The monoisotopic (exact) mass is 460 g/mol. The van der Waals surface area contributed by atoms with Crippen molar-refractivity contribution in [1.29, 1.82) is 0 Å². The molecule has 2 aliphatic heterocycles. The molecule has 0 aliphatic carbocycles. The van der Waals surface area contributed by atoms with E-state index in [9.17, 15) is 8.42 Å². The van der Waals surface area contributed by atoms with Gasteiger partial charge in [0.1, 0.15) is 0 Å². The molecule has 1 spiro atoms.